The normalized spacial score (nSPS) is 18.4. The summed E-state index contributed by atoms with van der Waals surface area (Å²) >= 11 is 0. The molecule has 1 aliphatic rings. The van der Waals surface area contributed by atoms with E-state index in [1.807, 2.05) is 0 Å². The van der Waals surface area contributed by atoms with Gasteiger partial charge in [-0.3, -0.25) is 0 Å². The molecule has 2 rings (SSSR count). The molecule has 0 atom stereocenters. The Hall–Kier alpha value is -1.72. The van der Waals surface area contributed by atoms with Crippen LogP contribution in [0, 0.1) is 0 Å². The quantitative estimate of drug-likeness (QED) is 0.804. The number of nitrogens with zero attached hydrogens (tertiary/aromatic N) is 2. The van der Waals surface area contributed by atoms with Gasteiger partial charge >= 0.3 is 5.97 Å². The first-order chi connectivity index (χ1) is 6.99. The second kappa shape index (κ2) is 3.15. The van der Waals surface area contributed by atoms with Crippen LogP contribution < -0.4 is 4.90 Å². The number of carbonyl (C=O) groups is 1. The first kappa shape index (κ1) is 9.82. The second-order valence-electron chi connectivity index (χ2n) is 3.39. The molecule has 1 aliphatic heterocycles. The van der Waals surface area contributed by atoms with Gasteiger partial charge in [0.1, 0.15) is 11.4 Å². The third-order valence-electron chi connectivity index (χ3n) is 2.16. The number of hydrogen-bond donors (Lipinski definition) is 1. The highest BCUT2D eigenvalue weighted by atomic mass is 19.3. The number of carboxylic acids is 1. The van der Waals surface area contributed by atoms with Gasteiger partial charge in [-0.15, -0.1) is 0 Å². The number of halogens is 2. The second-order valence-corrected chi connectivity index (χ2v) is 3.39. The molecule has 80 valence electrons. The smallest absolute Gasteiger partial charge is 0.339 e. The third-order valence-corrected chi connectivity index (χ3v) is 2.16. The number of hydrogen-bond acceptors (Lipinski definition) is 3. The van der Waals surface area contributed by atoms with Gasteiger partial charge in [0.25, 0.3) is 5.92 Å². The Morgan fingerprint density at radius 3 is 2.73 bits per heavy atom. The Bertz CT molecular complexity index is 401. The molecule has 0 saturated carbocycles. The van der Waals surface area contributed by atoms with E-state index in [1.165, 1.54) is 23.2 Å². The average molecular weight is 214 g/mol. The zero-order valence-electron chi connectivity index (χ0n) is 7.65. The maximum absolute atomic E-state index is 12.6. The fraction of sp³-hybridized carbons (Fsp3) is 0.333. The Morgan fingerprint density at radius 1 is 1.53 bits per heavy atom. The lowest BCUT2D eigenvalue weighted by Gasteiger charge is -2.39. The van der Waals surface area contributed by atoms with Crippen molar-refractivity contribution in [3.05, 3.63) is 23.9 Å². The summed E-state index contributed by atoms with van der Waals surface area (Å²) in [7, 11) is 0. The van der Waals surface area contributed by atoms with Crippen molar-refractivity contribution >= 4 is 11.8 Å². The van der Waals surface area contributed by atoms with E-state index in [9.17, 15) is 13.6 Å². The van der Waals surface area contributed by atoms with Gasteiger partial charge in [0, 0.05) is 6.20 Å². The molecule has 1 aromatic rings. The van der Waals surface area contributed by atoms with Crippen molar-refractivity contribution in [3.63, 3.8) is 0 Å². The van der Waals surface area contributed by atoms with E-state index in [4.69, 9.17) is 5.11 Å². The van der Waals surface area contributed by atoms with Crippen LogP contribution in [0.3, 0.4) is 0 Å². The number of rotatable bonds is 2. The lowest BCUT2D eigenvalue weighted by Crippen LogP contribution is -2.57. The number of aromatic nitrogens is 1. The van der Waals surface area contributed by atoms with E-state index in [2.05, 4.69) is 4.98 Å². The Morgan fingerprint density at radius 2 is 2.20 bits per heavy atom. The van der Waals surface area contributed by atoms with Crippen LogP contribution in [-0.4, -0.2) is 35.1 Å². The van der Waals surface area contributed by atoms with Crippen LogP contribution in [0.15, 0.2) is 18.3 Å². The third kappa shape index (κ3) is 1.74. The van der Waals surface area contributed by atoms with Gasteiger partial charge in [0.15, 0.2) is 0 Å². The van der Waals surface area contributed by atoms with Crippen molar-refractivity contribution in [2.24, 2.45) is 0 Å². The minimum absolute atomic E-state index is 0.0481. The van der Waals surface area contributed by atoms with Gasteiger partial charge in [-0.05, 0) is 12.1 Å². The molecular formula is C9H8F2N2O2. The van der Waals surface area contributed by atoms with E-state index < -0.39 is 25.0 Å². The maximum atomic E-state index is 12.6. The number of pyridine rings is 1. The summed E-state index contributed by atoms with van der Waals surface area (Å²) < 4.78 is 25.2. The summed E-state index contributed by atoms with van der Waals surface area (Å²) in [5.41, 5.74) is -0.0481. The summed E-state index contributed by atoms with van der Waals surface area (Å²) in [6.07, 6.45) is 1.39. The predicted molar refractivity (Wildman–Crippen MR) is 48.4 cm³/mol. The highest BCUT2D eigenvalue weighted by Crippen LogP contribution is 2.32. The zero-order valence-corrected chi connectivity index (χ0v) is 7.65. The summed E-state index contributed by atoms with van der Waals surface area (Å²) in [5.74, 6) is -3.78. The maximum Gasteiger partial charge on any atom is 0.339 e. The van der Waals surface area contributed by atoms with E-state index in [1.54, 1.807) is 0 Å². The van der Waals surface area contributed by atoms with Crippen molar-refractivity contribution in [2.45, 2.75) is 5.92 Å². The molecule has 0 bridgehead atoms. The lowest BCUT2D eigenvalue weighted by molar-refractivity contribution is -0.0268. The molecule has 1 saturated heterocycles. The minimum Gasteiger partial charge on any atom is -0.478 e. The van der Waals surface area contributed by atoms with Gasteiger partial charge in [-0.1, -0.05) is 0 Å². The standard InChI is InChI=1S/C9H8F2N2O2/c10-9(11)4-13(5-9)7-6(8(14)15)2-1-3-12-7/h1-3H,4-5H2,(H,14,15). The minimum atomic E-state index is -2.73. The number of aromatic carboxylic acids is 1. The molecule has 6 heteroatoms. The van der Waals surface area contributed by atoms with Crippen molar-refractivity contribution in [2.75, 3.05) is 18.0 Å². The van der Waals surface area contributed by atoms with Crippen molar-refractivity contribution < 1.29 is 18.7 Å². The van der Waals surface area contributed by atoms with E-state index >= 15 is 0 Å². The Labute approximate surface area is 84.2 Å². The zero-order chi connectivity index (χ0) is 11.1. The molecule has 0 aromatic carbocycles. The van der Waals surface area contributed by atoms with Crippen LogP contribution in [-0.2, 0) is 0 Å². The van der Waals surface area contributed by atoms with Crippen LogP contribution in [0.4, 0.5) is 14.6 Å². The van der Waals surface area contributed by atoms with Gasteiger partial charge < -0.3 is 10.0 Å². The first-order valence-electron chi connectivity index (χ1n) is 4.31. The fourth-order valence-electron chi connectivity index (χ4n) is 1.48. The Balaban J connectivity index is 2.26. The van der Waals surface area contributed by atoms with Gasteiger partial charge in [-0.2, -0.15) is 0 Å². The van der Waals surface area contributed by atoms with Crippen LogP contribution in [0.5, 0.6) is 0 Å². The van der Waals surface area contributed by atoms with Gasteiger partial charge in [0.2, 0.25) is 0 Å². The van der Waals surface area contributed by atoms with E-state index in [0.717, 1.165) is 0 Å². The van der Waals surface area contributed by atoms with Crippen LogP contribution in [0.25, 0.3) is 0 Å². The molecule has 1 aromatic heterocycles. The summed E-state index contributed by atoms with van der Waals surface area (Å²) in [4.78, 5) is 15.8. The molecule has 15 heavy (non-hydrogen) atoms. The first-order valence-corrected chi connectivity index (χ1v) is 4.31. The van der Waals surface area contributed by atoms with Gasteiger partial charge in [-0.25, -0.2) is 18.6 Å². The van der Waals surface area contributed by atoms with Crippen LogP contribution in [0.2, 0.25) is 0 Å². The molecule has 0 unspecified atom stereocenters. The molecule has 1 N–H and O–H groups in total. The highest BCUT2D eigenvalue weighted by molar-refractivity contribution is 5.93. The topological polar surface area (TPSA) is 53.4 Å². The van der Waals surface area contributed by atoms with Crippen molar-refractivity contribution in [3.8, 4) is 0 Å². The predicted octanol–water partition coefficient (Wildman–Crippen LogP) is 1.24. The number of alkyl halides is 2. The van der Waals surface area contributed by atoms with Crippen LogP contribution >= 0.6 is 0 Å². The monoisotopic (exact) mass is 214 g/mol. The molecular weight excluding hydrogens is 206 g/mol. The lowest BCUT2D eigenvalue weighted by atomic mass is 10.1. The largest absolute Gasteiger partial charge is 0.478 e. The number of anilines is 1. The van der Waals surface area contributed by atoms with Gasteiger partial charge in [0.05, 0.1) is 13.1 Å². The SMILES string of the molecule is O=C(O)c1cccnc1N1CC(F)(F)C1. The molecule has 0 amide bonds. The average Bonchev–Trinajstić information content (AvgIpc) is 2.14. The molecule has 4 nitrogen and oxygen atoms in total. The summed E-state index contributed by atoms with van der Waals surface area (Å²) in [6, 6.07) is 2.81. The number of carboxylic acid groups (broad SMARTS) is 1. The molecule has 1 fully saturated rings. The summed E-state index contributed by atoms with van der Waals surface area (Å²) in [5, 5.41) is 8.81. The van der Waals surface area contributed by atoms with E-state index in [0.29, 0.717) is 0 Å². The van der Waals surface area contributed by atoms with Crippen molar-refractivity contribution in [1.82, 2.24) is 4.98 Å². The fourth-order valence-corrected chi connectivity index (χ4v) is 1.48. The van der Waals surface area contributed by atoms with E-state index in [-0.39, 0.29) is 11.4 Å². The van der Waals surface area contributed by atoms with Crippen LogP contribution in [0.1, 0.15) is 10.4 Å². The highest BCUT2D eigenvalue weighted by Gasteiger charge is 2.45. The molecule has 0 radical (unpaired) electrons. The Kier molecular flexibility index (Phi) is 2.06. The summed E-state index contributed by atoms with van der Waals surface area (Å²) in [6.45, 7) is -0.936. The van der Waals surface area contributed by atoms with Crippen molar-refractivity contribution in [1.29, 1.82) is 0 Å². The molecule has 0 spiro atoms. The molecule has 0 aliphatic carbocycles. The molecule has 2 heterocycles.